The first-order valence-corrected chi connectivity index (χ1v) is 10.2. The molecule has 160 valence electrons. The third kappa shape index (κ3) is 6.05. The molecule has 1 saturated heterocycles. The number of nitrogens with zero attached hydrogens (tertiary/aromatic N) is 1. The summed E-state index contributed by atoms with van der Waals surface area (Å²) in [5.41, 5.74) is 8.77. The first-order valence-electron chi connectivity index (χ1n) is 10.2. The summed E-state index contributed by atoms with van der Waals surface area (Å²) in [5, 5.41) is 6.31. The number of likely N-dealkylation sites (tertiary alicyclic amines) is 1. The number of primary amides is 1. The Morgan fingerprint density at radius 1 is 1.10 bits per heavy atom. The van der Waals surface area contributed by atoms with Crippen LogP contribution in [0.2, 0.25) is 0 Å². The van der Waals surface area contributed by atoms with Crippen LogP contribution in [0.1, 0.15) is 24.5 Å². The van der Waals surface area contributed by atoms with Gasteiger partial charge in [-0.15, -0.1) is 0 Å². The van der Waals surface area contributed by atoms with Gasteiger partial charge in [0, 0.05) is 38.3 Å². The van der Waals surface area contributed by atoms with Crippen LogP contribution in [-0.2, 0) is 22.6 Å². The zero-order chi connectivity index (χ0) is 21.5. The molecular formula is C23H30N4O3. The number of hydrogen-bond acceptors (Lipinski definition) is 5. The molecule has 1 fully saturated rings. The van der Waals surface area contributed by atoms with Crippen LogP contribution in [0, 0.1) is 0 Å². The van der Waals surface area contributed by atoms with Crippen molar-refractivity contribution in [3.63, 3.8) is 0 Å². The molecule has 1 aliphatic heterocycles. The van der Waals surface area contributed by atoms with E-state index in [0.717, 1.165) is 43.1 Å². The standard InChI is InChI=1S/C23H30N4O3/c1-16(28)26-19-7-3-17(4-8-19)11-12-27-15-20(13-22(27)23(24)29)25-14-18-5-9-21(30-2)10-6-18/h3-10,20,22,25H,11-15H2,1-2H3,(H2,24,29)(H,26,28). The molecule has 2 aromatic rings. The third-order valence-electron chi connectivity index (χ3n) is 5.45. The van der Waals surface area contributed by atoms with Gasteiger partial charge in [-0.2, -0.15) is 0 Å². The number of hydrogen-bond donors (Lipinski definition) is 3. The van der Waals surface area contributed by atoms with E-state index in [4.69, 9.17) is 10.5 Å². The number of benzene rings is 2. The first kappa shape index (κ1) is 21.8. The molecule has 4 N–H and O–H groups in total. The van der Waals surface area contributed by atoms with Gasteiger partial charge in [-0.3, -0.25) is 14.5 Å². The van der Waals surface area contributed by atoms with Gasteiger partial charge in [0.1, 0.15) is 5.75 Å². The fraction of sp³-hybridized carbons (Fsp3) is 0.391. The number of anilines is 1. The van der Waals surface area contributed by atoms with Crippen LogP contribution < -0.4 is 21.1 Å². The van der Waals surface area contributed by atoms with Crippen molar-refractivity contribution in [1.82, 2.24) is 10.2 Å². The van der Waals surface area contributed by atoms with Gasteiger partial charge < -0.3 is 21.1 Å². The van der Waals surface area contributed by atoms with Crippen LogP contribution in [0.3, 0.4) is 0 Å². The summed E-state index contributed by atoms with van der Waals surface area (Å²) in [6.07, 6.45) is 1.53. The highest BCUT2D eigenvalue weighted by atomic mass is 16.5. The van der Waals surface area contributed by atoms with Crippen molar-refractivity contribution < 1.29 is 14.3 Å². The second kappa shape index (κ2) is 10.2. The van der Waals surface area contributed by atoms with E-state index < -0.39 is 0 Å². The van der Waals surface area contributed by atoms with Crippen LogP contribution in [0.5, 0.6) is 5.75 Å². The van der Waals surface area contributed by atoms with Crippen molar-refractivity contribution in [3.05, 3.63) is 59.7 Å². The smallest absolute Gasteiger partial charge is 0.234 e. The second-order valence-electron chi connectivity index (χ2n) is 7.70. The minimum atomic E-state index is -0.273. The molecule has 2 aromatic carbocycles. The summed E-state index contributed by atoms with van der Waals surface area (Å²) in [6, 6.07) is 15.7. The van der Waals surface area contributed by atoms with E-state index >= 15 is 0 Å². The van der Waals surface area contributed by atoms with E-state index in [1.807, 2.05) is 48.5 Å². The SMILES string of the molecule is COc1ccc(CNC2CC(C(N)=O)N(CCc3ccc(NC(C)=O)cc3)C2)cc1. The maximum Gasteiger partial charge on any atom is 0.234 e. The number of nitrogens with one attached hydrogen (secondary N) is 2. The van der Waals surface area contributed by atoms with Gasteiger partial charge >= 0.3 is 0 Å². The Balaban J connectivity index is 1.52. The number of nitrogens with two attached hydrogens (primary N) is 1. The van der Waals surface area contributed by atoms with Crippen molar-refractivity contribution in [2.45, 2.75) is 38.4 Å². The molecule has 0 saturated carbocycles. The molecular weight excluding hydrogens is 380 g/mol. The fourth-order valence-electron chi connectivity index (χ4n) is 3.83. The largest absolute Gasteiger partial charge is 0.497 e. The van der Waals surface area contributed by atoms with Crippen LogP contribution in [-0.4, -0.2) is 49.0 Å². The Morgan fingerprint density at radius 2 is 1.77 bits per heavy atom. The van der Waals surface area contributed by atoms with Gasteiger partial charge in [0.2, 0.25) is 11.8 Å². The number of amides is 2. The summed E-state index contributed by atoms with van der Waals surface area (Å²) < 4.78 is 5.19. The maximum absolute atomic E-state index is 12.0. The third-order valence-corrected chi connectivity index (χ3v) is 5.45. The Kier molecular flexibility index (Phi) is 7.43. The molecule has 0 aromatic heterocycles. The number of carbonyl (C=O) groups excluding carboxylic acids is 2. The molecule has 0 spiro atoms. The lowest BCUT2D eigenvalue weighted by molar-refractivity contribution is -0.122. The summed E-state index contributed by atoms with van der Waals surface area (Å²) >= 11 is 0. The van der Waals surface area contributed by atoms with Crippen molar-refractivity contribution in [3.8, 4) is 5.75 Å². The van der Waals surface area contributed by atoms with Gasteiger partial charge in [0.15, 0.2) is 0 Å². The van der Waals surface area contributed by atoms with Crippen molar-refractivity contribution in [2.24, 2.45) is 5.73 Å². The average molecular weight is 411 g/mol. The van der Waals surface area contributed by atoms with Crippen molar-refractivity contribution in [1.29, 1.82) is 0 Å². The molecule has 2 unspecified atom stereocenters. The van der Waals surface area contributed by atoms with E-state index in [1.54, 1.807) is 7.11 Å². The fourth-order valence-corrected chi connectivity index (χ4v) is 3.83. The summed E-state index contributed by atoms with van der Waals surface area (Å²) in [6.45, 7) is 3.77. The summed E-state index contributed by atoms with van der Waals surface area (Å²) in [7, 11) is 1.65. The van der Waals surface area contributed by atoms with Crippen molar-refractivity contribution >= 4 is 17.5 Å². The quantitative estimate of drug-likeness (QED) is 0.587. The van der Waals surface area contributed by atoms with Gasteiger partial charge in [-0.1, -0.05) is 24.3 Å². The molecule has 3 rings (SSSR count). The Labute approximate surface area is 177 Å². The van der Waals surface area contributed by atoms with Gasteiger partial charge in [0.05, 0.1) is 13.2 Å². The van der Waals surface area contributed by atoms with Gasteiger partial charge in [0.25, 0.3) is 0 Å². The lowest BCUT2D eigenvalue weighted by atomic mass is 10.1. The highest BCUT2D eigenvalue weighted by molar-refractivity contribution is 5.88. The molecule has 2 amide bonds. The molecule has 0 bridgehead atoms. The Morgan fingerprint density at radius 3 is 2.37 bits per heavy atom. The topological polar surface area (TPSA) is 96.7 Å². The molecule has 1 heterocycles. The number of rotatable bonds is 9. The highest BCUT2D eigenvalue weighted by Gasteiger charge is 2.34. The second-order valence-corrected chi connectivity index (χ2v) is 7.70. The molecule has 30 heavy (non-hydrogen) atoms. The lowest BCUT2D eigenvalue weighted by Crippen LogP contribution is -2.41. The molecule has 0 radical (unpaired) electrons. The number of ether oxygens (including phenoxy) is 1. The van der Waals surface area contributed by atoms with Crippen molar-refractivity contribution in [2.75, 3.05) is 25.5 Å². The van der Waals surface area contributed by atoms with Crippen LogP contribution in [0.25, 0.3) is 0 Å². The van der Waals surface area contributed by atoms with E-state index in [1.165, 1.54) is 12.5 Å². The molecule has 1 aliphatic rings. The van der Waals surface area contributed by atoms with Gasteiger partial charge in [-0.25, -0.2) is 0 Å². The summed E-state index contributed by atoms with van der Waals surface area (Å²) in [5.74, 6) is 0.478. The molecule has 7 nitrogen and oxygen atoms in total. The predicted octanol–water partition coefficient (Wildman–Crippen LogP) is 1.91. The highest BCUT2D eigenvalue weighted by Crippen LogP contribution is 2.20. The number of methoxy groups -OCH3 is 1. The van der Waals surface area contributed by atoms with E-state index in [0.29, 0.717) is 6.42 Å². The molecule has 2 atom stereocenters. The summed E-state index contributed by atoms with van der Waals surface area (Å²) in [4.78, 5) is 25.3. The van der Waals surface area contributed by atoms with Crippen LogP contribution in [0.15, 0.2) is 48.5 Å². The molecule has 7 heteroatoms. The minimum absolute atomic E-state index is 0.0858. The number of carbonyl (C=O) groups is 2. The maximum atomic E-state index is 12.0. The zero-order valence-corrected chi connectivity index (χ0v) is 17.6. The Hall–Kier alpha value is -2.90. The Bertz CT molecular complexity index is 852. The van der Waals surface area contributed by atoms with E-state index in [9.17, 15) is 9.59 Å². The van der Waals surface area contributed by atoms with Crippen LogP contribution in [0.4, 0.5) is 5.69 Å². The van der Waals surface area contributed by atoms with E-state index in [2.05, 4.69) is 15.5 Å². The average Bonchev–Trinajstić information content (AvgIpc) is 3.15. The minimum Gasteiger partial charge on any atom is -0.497 e. The van der Waals surface area contributed by atoms with Crippen LogP contribution >= 0.6 is 0 Å². The molecule has 0 aliphatic carbocycles. The normalized spacial score (nSPS) is 18.9. The monoisotopic (exact) mass is 410 g/mol. The van der Waals surface area contributed by atoms with Gasteiger partial charge in [-0.05, 0) is 48.2 Å². The zero-order valence-electron chi connectivity index (χ0n) is 17.6. The predicted molar refractivity (Wildman–Crippen MR) is 117 cm³/mol. The lowest BCUT2D eigenvalue weighted by Gasteiger charge is -2.21. The van der Waals surface area contributed by atoms with E-state index in [-0.39, 0.29) is 23.9 Å². The first-order chi connectivity index (χ1) is 14.4.